The third-order valence-electron chi connectivity index (χ3n) is 13.1. The van der Waals surface area contributed by atoms with Crippen LogP contribution in [0.3, 0.4) is 0 Å². The van der Waals surface area contributed by atoms with Crippen molar-refractivity contribution in [1.82, 2.24) is 4.57 Å². The van der Waals surface area contributed by atoms with Crippen LogP contribution in [0, 0.1) is 5.92 Å². The summed E-state index contributed by atoms with van der Waals surface area (Å²) in [4.78, 5) is 2.57. The Morgan fingerprint density at radius 2 is 1.30 bits per heavy atom. The topological polar surface area (TPSA) is 21.3 Å². The molecule has 268 valence electrons. The number of hydrogen-bond donors (Lipinski definition) is 0. The molecule has 0 saturated heterocycles. The quantitative estimate of drug-likeness (QED) is 0.180. The number of fused-ring (bicyclic) bond motifs is 11. The lowest BCUT2D eigenvalue weighted by atomic mass is 9.82. The summed E-state index contributed by atoms with van der Waals surface area (Å²) in [6.45, 7) is 7.94. The van der Waals surface area contributed by atoms with Crippen LogP contribution in [0.15, 0.2) is 168 Å². The smallest absolute Gasteiger partial charge is 0.136 e. The fourth-order valence-corrected chi connectivity index (χ4v) is 10.4. The zero-order valence-corrected chi connectivity index (χ0v) is 31.8. The van der Waals surface area contributed by atoms with Gasteiger partial charge in [-0.3, -0.25) is 0 Å². The minimum absolute atomic E-state index is 0.0558. The highest BCUT2D eigenvalue weighted by Gasteiger charge is 2.36. The molecule has 3 aliphatic rings. The van der Waals surface area contributed by atoms with Gasteiger partial charge >= 0.3 is 0 Å². The van der Waals surface area contributed by atoms with Gasteiger partial charge in [-0.1, -0.05) is 136 Å². The molecule has 9 aromatic rings. The summed E-state index contributed by atoms with van der Waals surface area (Å²) >= 11 is 0. The van der Waals surface area contributed by atoms with Crippen molar-refractivity contribution in [3.05, 3.63) is 186 Å². The van der Waals surface area contributed by atoms with Gasteiger partial charge in [0.05, 0.1) is 16.7 Å². The van der Waals surface area contributed by atoms with E-state index in [4.69, 9.17) is 4.42 Å². The summed E-state index contributed by atoms with van der Waals surface area (Å²) in [6.07, 6.45) is 5.63. The molecule has 3 heterocycles. The first kappa shape index (κ1) is 31.7. The van der Waals surface area contributed by atoms with Crippen molar-refractivity contribution in [1.29, 1.82) is 0 Å². The van der Waals surface area contributed by atoms with Crippen molar-refractivity contribution in [2.75, 3.05) is 4.90 Å². The molecule has 0 saturated carbocycles. The minimum atomic E-state index is -0.0558. The van der Waals surface area contributed by atoms with E-state index >= 15 is 0 Å². The Kier molecular flexibility index (Phi) is 6.50. The maximum atomic E-state index is 6.34. The van der Waals surface area contributed by atoms with E-state index < -0.39 is 0 Å². The molecule has 0 fully saturated rings. The summed E-state index contributed by atoms with van der Waals surface area (Å²) in [7, 11) is 0. The van der Waals surface area contributed by atoms with E-state index in [0.29, 0.717) is 0 Å². The summed E-state index contributed by atoms with van der Waals surface area (Å²) in [5.41, 5.74) is 20.2. The van der Waals surface area contributed by atoms with Gasteiger partial charge in [-0.25, -0.2) is 0 Å². The number of furan rings is 1. The predicted octanol–water partition coefficient (Wildman–Crippen LogP) is 14.2. The second-order valence-corrected chi connectivity index (χ2v) is 16.5. The standard InChI is InChI=1S/C53H40N2O/c1-32-28-35(23-26-37(32)33-22-25-41-40-15-7-9-21-49(40)56-50(41)29-33)55(36-24-27-47-45(30-36)39-14-6-8-19-46(39)53(47,2)3)48-20-11-18-44-43-17-10-16-42-38-13-5-4-12-34(38)31-54(51(42)43)52(44)48/h4-27,29-30,32H,28,31H2,1-3H3. The van der Waals surface area contributed by atoms with Crippen molar-refractivity contribution in [3.63, 3.8) is 0 Å². The molecule has 0 bridgehead atoms. The minimum Gasteiger partial charge on any atom is -0.456 e. The van der Waals surface area contributed by atoms with Crippen LogP contribution in [0.5, 0.6) is 0 Å². The van der Waals surface area contributed by atoms with Crippen LogP contribution in [-0.2, 0) is 12.0 Å². The third-order valence-corrected chi connectivity index (χ3v) is 13.1. The first-order valence-corrected chi connectivity index (χ1v) is 19.9. The van der Waals surface area contributed by atoms with Crippen LogP contribution in [0.1, 0.15) is 49.4 Å². The molecule has 0 radical (unpaired) electrons. The van der Waals surface area contributed by atoms with Crippen LogP contribution in [0.25, 0.3) is 71.6 Å². The zero-order chi connectivity index (χ0) is 37.3. The highest BCUT2D eigenvalue weighted by Crippen LogP contribution is 2.52. The van der Waals surface area contributed by atoms with Gasteiger partial charge < -0.3 is 13.9 Å². The van der Waals surface area contributed by atoms with Gasteiger partial charge in [0.25, 0.3) is 0 Å². The van der Waals surface area contributed by atoms with E-state index in [0.717, 1.165) is 24.1 Å². The Hall–Kier alpha value is -6.58. The monoisotopic (exact) mass is 720 g/mol. The zero-order valence-electron chi connectivity index (χ0n) is 31.8. The molecule has 1 unspecified atom stereocenters. The van der Waals surface area contributed by atoms with Gasteiger partial charge in [0.2, 0.25) is 0 Å². The largest absolute Gasteiger partial charge is 0.456 e. The predicted molar refractivity (Wildman–Crippen MR) is 234 cm³/mol. The molecule has 2 aromatic heterocycles. The van der Waals surface area contributed by atoms with E-state index in [1.54, 1.807) is 0 Å². The van der Waals surface area contributed by atoms with Crippen LogP contribution >= 0.6 is 0 Å². The Bertz CT molecular complexity index is 3200. The molecule has 0 spiro atoms. The molecule has 3 nitrogen and oxygen atoms in total. The number of hydrogen-bond acceptors (Lipinski definition) is 2. The normalized spacial score (nSPS) is 16.5. The van der Waals surface area contributed by atoms with E-state index in [1.807, 2.05) is 6.07 Å². The summed E-state index contributed by atoms with van der Waals surface area (Å²) < 4.78 is 8.93. The van der Waals surface area contributed by atoms with Crippen LogP contribution in [0.4, 0.5) is 11.4 Å². The average Bonchev–Trinajstić information content (AvgIpc) is 3.84. The lowest BCUT2D eigenvalue weighted by molar-refractivity contribution is 0.660. The Morgan fingerprint density at radius 1 is 0.589 bits per heavy atom. The highest BCUT2D eigenvalue weighted by molar-refractivity contribution is 6.17. The molecule has 0 amide bonds. The SMILES string of the molecule is CC1CC(N(c2ccc3c(c2)-c2ccccc2C3(C)C)c2cccc3c4cccc5c4n(c23)Cc2ccccc2-5)=CC=C1c1ccc2c(c1)oc1ccccc12. The van der Waals surface area contributed by atoms with E-state index in [1.165, 1.54) is 99.7 Å². The number of nitrogens with zero attached hydrogens (tertiary/aromatic N) is 2. The van der Waals surface area contributed by atoms with Crippen molar-refractivity contribution in [2.45, 2.75) is 39.2 Å². The fraction of sp³-hybridized carbons (Fsp3) is 0.132. The van der Waals surface area contributed by atoms with Gasteiger partial charge in [0.1, 0.15) is 11.2 Å². The number of benzene rings is 7. The lowest BCUT2D eigenvalue weighted by Crippen LogP contribution is -2.22. The summed E-state index contributed by atoms with van der Waals surface area (Å²) in [6, 6.07) is 53.9. The van der Waals surface area contributed by atoms with Crippen LogP contribution in [0.2, 0.25) is 0 Å². The maximum Gasteiger partial charge on any atom is 0.136 e. The maximum absolute atomic E-state index is 6.34. The van der Waals surface area contributed by atoms with E-state index in [2.05, 4.69) is 182 Å². The van der Waals surface area contributed by atoms with Crippen molar-refractivity contribution in [2.24, 2.45) is 5.92 Å². The Morgan fingerprint density at radius 3 is 2.20 bits per heavy atom. The van der Waals surface area contributed by atoms with E-state index in [9.17, 15) is 0 Å². The first-order chi connectivity index (χ1) is 27.4. The molecule has 1 atom stereocenters. The highest BCUT2D eigenvalue weighted by atomic mass is 16.3. The fourth-order valence-electron chi connectivity index (χ4n) is 10.4. The molecule has 56 heavy (non-hydrogen) atoms. The molecular formula is C53H40N2O. The van der Waals surface area contributed by atoms with Gasteiger partial charge in [-0.2, -0.15) is 0 Å². The molecule has 2 aliphatic carbocycles. The Balaban J connectivity index is 1.08. The van der Waals surface area contributed by atoms with Crippen LogP contribution in [-0.4, -0.2) is 4.57 Å². The summed E-state index contributed by atoms with van der Waals surface area (Å²) in [5.74, 6) is 0.288. The van der Waals surface area contributed by atoms with Crippen molar-refractivity contribution >= 4 is 60.7 Å². The second-order valence-electron chi connectivity index (χ2n) is 16.5. The second kappa shape index (κ2) is 11.5. The number of allylic oxidation sites excluding steroid dienone is 4. The third kappa shape index (κ3) is 4.34. The van der Waals surface area contributed by atoms with Gasteiger partial charge in [-0.15, -0.1) is 0 Å². The molecule has 0 N–H and O–H groups in total. The van der Waals surface area contributed by atoms with Crippen molar-refractivity contribution in [3.8, 4) is 22.3 Å². The number of para-hydroxylation sites is 3. The van der Waals surface area contributed by atoms with E-state index in [-0.39, 0.29) is 11.3 Å². The van der Waals surface area contributed by atoms with Crippen molar-refractivity contribution < 1.29 is 4.42 Å². The Labute approximate surface area is 326 Å². The molecule has 1 aliphatic heterocycles. The lowest BCUT2D eigenvalue weighted by Gasteiger charge is -2.34. The molecule has 12 rings (SSSR count). The summed E-state index contributed by atoms with van der Waals surface area (Å²) in [5, 5.41) is 4.94. The average molecular weight is 721 g/mol. The van der Waals surface area contributed by atoms with Crippen LogP contribution < -0.4 is 4.90 Å². The molecule has 7 aromatic carbocycles. The van der Waals surface area contributed by atoms with Gasteiger partial charge in [0.15, 0.2) is 0 Å². The number of rotatable bonds is 4. The molecular weight excluding hydrogens is 681 g/mol. The number of anilines is 2. The van der Waals surface area contributed by atoms with Gasteiger partial charge in [-0.05, 0) is 99.3 Å². The molecule has 3 heteroatoms. The first-order valence-electron chi connectivity index (χ1n) is 19.9. The van der Waals surface area contributed by atoms with Gasteiger partial charge in [0, 0.05) is 50.5 Å². The number of aromatic nitrogens is 1.